The summed E-state index contributed by atoms with van der Waals surface area (Å²) in [5, 5.41) is 0. The Balaban J connectivity index is 1.39. The van der Waals surface area contributed by atoms with Crippen molar-refractivity contribution in [1.29, 1.82) is 0 Å². The lowest BCUT2D eigenvalue weighted by molar-refractivity contribution is -0.187. The topological polar surface area (TPSA) is 123 Å². The molecule has 0 amide bonds. The molecule has 14 heteroatoms. The molecule has 0 unspecified atom stereocenters. The largest absolute Gasteiger partial charge is 0.493 e. The number of halogens is 6. The summed E-state index contributed by atoms with van der Waals surface area (Å²) >= 11 is 0. The SMILES string of the molecule is Nc1cc(N)cc(C(=O)OCCCCOC(=O)C=Cc2ccc(OC(F)(F)c3ccc(OCCCC(F)(F)F)cc3F)cc2)c1. The van der Waals surface area contributed by atoms with Crippen molar-refractivity contribution in [3.05, 3.63) is 89.2 Å². The van der Waals surface area contributed by atoms with E-state index in [9.17, 15) is 35.9 Å². The number of carbonyl (C=O) groups excluding carboxylic acids is 2. The molecule has 0 saturated carbocycles. The molecular weight excluding hydrogens is 610 g/mol. The number of nitrogens with two attached hydrogens (primary N) is 2. The van der Waals surface area contributed by atoms with Gasteiger partial charge in [0.1, 0.15) is 22.9 Å². The predicted octanol–water partition coefficient (Wildman–Crippen LogP) is 7.03. The molecule has 0 aliphatic rings. The van der Waals surface area contributed by atoms with Crippen molar-refractivity contribution >= 4 is 29.4 Å². The lowest BCUT2D eigenvalue weighted by Crippen LogP contribution is -2.23. The van der Waals surface area contributed by atoms with Crippen LogP contribution < -0.4 is 20.9 Å². The molecule has 3 aromatic carbocycles. The molecule has 0 aliphatic heterocycles. The molecule has 3 rings (SSSR count). The molecule has 242 valence electrons. The molecule has 4 N–H and O–H groups in total. The van der Waals surface area contributed by atoms with Crippen molar-refractivity contribution in [2.45, 2.75) is 38.0 Å². The molecule has 0 spiro atoms. The van der Waals surface area contributed by atoms with Gasteiger partial charge in [0.05, 0.1) is 25.4 Å². The van der Waals surface area contributed by atoms with Gasteiger partial charge in [0.15, 0.2) is 0 Å². The van der Waals surface area contributed by atoms with Crippen LogP contribution >= 0.6 is 0 Å². The van der Waals surface area contributed by atoms with Crippen molar-refractivity contribution < 1.29 is 54.9 Å². The zero-order valence-electron chi connectivity index (χ0n) is 23.7. The van der Waals surface area contributed by atoms with E-state index in [1.807, 2.05) is 0 Å². The van der Waals surface area contributed by atoms with Gasteiger partial charge in [-0.25, -0.2) is 14.0 Å². The first-order valence-electron chi connectivity index (χ1n) is 13.6. The summed E-state index contributed by atoms with van der Waals surface area (Å²) in [7, 11) is 0. The first-order chi connectivity index (χ1) is 21.2. The van der Waals surface area contributed by atoms with Crippen LogP contribution in [0.1, 0.15) is 47.2 Å². The number of nitrogen functional groups attached to an aromatic ring is 2. The van der Waals surface area contributed by atoms with E-state index in [2.05, 4.69) is 4.74 Å². The van der Waals surface area contributed by atoms with Crippen LogP contribution in [-0.4, -0.2) is 37.9 Å². The highest BCUT2D eigenvalue weighted by atomic mass is 19.4. The monoisotopic (exact) mass is 640 g/mol. The van der Waals surface area contributed by atoms with Gasteiger partial charge in [-0.2, -0.15) is 22.0 Å². The standard InChI is InChI=1S/C31H30F6N2O6/c32-27-19-25(42-15-3-12-30(33,34)35)9-10-26(27)31(36,37)45-24-7-4-20(5-8-24)6-11-28(40)43-13-1-2-14-44-29(41)21-16-22(38)18-23(39)17-21/h4-11,16-19H,1-3,12-15,38-39H2. The molecule has 0 heterocycles. The van der Waals surface area contributed by atoms with Crippen LogP contribution in [-0.2, 0) is 20.4 Å². The second-order valence-electron chi connectivity index (χ2n) is 9.63. The molecule has 0 saturated heterocycles. The van der Waals surface area contributed by atoms with Gasteiger partial charge in [0.25, 0.3) is 0 Å². The molecule has 8 nitrogen and oxygen atoms in total. The van der Waals surface area contributed by atoms with Gasteiger partial charge in [-0.3, -0.25) is 0 Å². The minimum atomic E-state index is -4.36. The number of rotatable bonds is 15. The van der Waals surface area contributed by atoms with Crippen molar-refractivity contribution in [3.63, 3.8) is 0 Å². The fourth-order valence-corrected chi connectivity index (χ4v) is 3.77. The highest BCUT2D eigenvalue weighted by Crippen LogP contribution is 2.35. The van der Waals surface area contributed by atoms with Crippen molar-refractivity contribution in [1.82, 2.24) is 0 Å². The normalized spacial score (nSPS) is 11.8. The summed E-state index contributed by atoms with van der Waals surface area (Å²) in [4.78, 5) is 24.0. The maximum Gasteiger partial charge on any atom is 0.429 e. The fraction of sp³-hybridized carbons (Fsp3) is 0.290. The van der Waals surface area contributed by atoms with Crippen LogP contribution in [0.5, 0.6) is 11.5 Å². The quantitative estimate of drug-likeness (QED) is 0.0597. The van der Waals surface area contributed by atoms with Crippen LogP contribution in [0.25, 0.3) is 6.08 Å². The van der Waals surface area contributed by atoms with Crippen LogP contribution in [0.2, 0.25) is 0 Å². The smallest absolute Gasteiger partial charge is 0.429 e. The number of carbonyl (C=O) groups is 2. The third-order valence-corrected chi connectivity index (χ3v) is 5.89. The van der Waals surface area contributed by atoms with Gasteiger partial charge in [0, 0.05) is 29.9 Å². The number of alkyl halides is 5. The summed E-state index contributed by atoms with van der Waals surface area (Å²) in [6, 6.07) is 11.9. The van der Waals surface area contributed by atoms with Crippen molar-refractivity contribution in [2.75, 3.05) is 31.3 Å². The van der Waals surface area contributed by atoms with E-state index in [1.54, 1.807) is 0 Å². The van der Waals surface area contributed by atoms with Crippen molar-refractivity contribution in [2.24, 2.45) is 0 Å². The molecule has 0 bridgehead atoms. The highest BCUT2D eigenvalue weighted by Gasteiger charge is 2.38. The molecule has 0 aliphatic carbocycles. The maximum absolute atomic E-state index is 14.6. The summed E-state index contributed by atoms with van der Waals surface area (Å²) in [5.41, 5.74) is 11.6. The number of hydrogen-bond donors (Lipinski definition) is 2. The van der Waals surface area contributed by atoms with Crippen LogP contribution in [0, 0.1) is 5.82 Å². The van der Waals surface area contributed by atoms with Gasteiger partial charge in [-0.05, 0) is 73.4 Å². The summed E-state index contributed by atoms with van der Waals surface area (Å²) in [5.74, 6) is -3.10. The van der Waals surface area contributed by atoms with E-state index in [1.165, 1.54) is 48.5 Å². The average Bonchev–Trinajstić information content (AvgIpc) is 2.95. The Morgan fingerprint density at radius 1 is 0.756 bits per heavy atom. The average molecular weight is 641 g/mol. The summed E-state index contributed by atoms with van der Waals surface area (Å²) < 4.78 is 100. The number of unbranched alkanes of at least 4 members (excludes halogenated alkanes) is 1. The van der Waals surface area contributed by atoms with Crippen LogP contribution in [0.15, 0.2) is 66.7 Å². The molecule has 0 aromatic heterocycles. The number of anilines is 2. The predicted molar refractivity (Wildman–Crippen MR) is 153 cm³/mol. The van der Waals surface area contributed by atoms with Gasteiger partial charge < -0.3 is 30.4 Å². The van der Waals surface area contributed by atoms with Crippen LogP contribution in [0.4, 0.5) is 37.7 Å². The van der Waals surface area contributed by atoms with E-state index >= 15 is 0 Å². The van der Waals surface area contributed by atoms with E-state index in [0.29, 0.717) is 35.8 Å². The molecule has 3 aromatic rings. The first-order valence-corrected chi connectivity index (χ1v) is 13.6. The summed E-state index contributed by atoms with van der Waals surface area (Å²) in [6.45, 7) is -0.212. The fourth-order valence-electron chi connectivity index (χ4n) is 3.77. The third kappa shape index (κ3) is 12.0. The third-order valence-electron chi connectivity index (χ3n) is 5.89. The minimum absolute atomic E-state index is 0.0650. The van der Waals surface area contributed by atoms with Crippen LogP contribution in [0.3, 0.4) is 0 Å². The first kappa shape index (κ1) is 34.6. The summed E-state index contributed by atoms with van der Waals surface area (Å²) in [6.07, 6.45) is -6.54. The minimum Gasteiger partial charge on any atom is -0.493 e. The zero-order valence-corrected chi connectivity index (χ0v) is 23.7. The zero-order chi connectivity index (χ0) is 33.0. The van der Waals surface area contributed by atoms with Crippen molar-refractivity contribution in [3.8, 4) is 11.5 Å². The Morgan fingerprint density at radius 2 is 1.38 bits per heavy atom. The number of esters is 2. The molecule has 0 radical (unpaired) electrons. The number of benzene rings is 3. The van der Waals surface area contributed by atoms with Gasteiger partial charge >= 0.3 is 24.2 Å². The Labute approximate surface area is 254 Å². The Bertz CT molecular complexity index is 1460. The number of ether oxygens (including phenoxy) is 4. The number of hydrogen-bond acceptors (Lipinski definition) is 8. The highest BCUT2D eigenvalue weighted by molar-refractivity contribution is 5.91. The maximum atomic E-state index is 14.6. The molecular formula is C31H30F6N2O6. The van der Waals surface area contributed by atoms with Gasteiger partial charge in [0.2, 0.25) is 0 Å². The molecule has 0 atom stereocenters. The van der Waals surface area contributed by atoms with E-state index in [0.717, 1.165) is 18.2 Å². The Morgan fingerprint density at radius 3 is 2.00 bits per heavy atom. The Hall–Kier alpha value is -4.88. The van der Waals surface area contributed by atoms with Gasteiger partial charge in [-0.15, -0.1) is 0 Å². The second-order valence-corrected chi connectivity index (χ2v) is 9.63. The van der Waals surface area contributed by atoms with E-state index in [-0.39, 0.29) is 43.3 Å². The van der Waals surface area contributed by atoms with E-state index in [4.69, 9.17) is 25.7 Å². The lowest BCUT2D eigenvalue weighted by Gasteiger charge is -2.19. The lowest BCUT2D eigenvalue weighted by atomic mass is 10.1. The molecule has 45 heavy (non-hydrogen) atoms. The Kier molecular flexibility index (Phi) is 12.1. The second kappa shape index (κ2) is 15.7. The van der Waals surface area contributed by atoms with Gasteiger partial charge in [-0.1, -0.05) is 12.1 Å². The molecule has 0 fully saturated rings. The van der Waals surface area contributed by atoms with E-state index < -0.39 is 42.0 Å².